The number of hydrogen-bond donors (Lipinski definition) is 2. The van der Waals surface area contributed by atoms with Gasteiger partial charge in [-0.1, -0.05) is 0 Å². The van der Waals surface area contributed by atoms with Crippen LogP contribution in [0.4, 0.5) is 11.5 Å². The molecule has 1 aromatic heterocycles. The number of nitrogens with one attached hydrogen (secondary N) is 1. The Morgan fingerprint density at radius 1 is 1.55 bits per heavy atom. The van der Waals surface area contributed by atoms with E-state index in [4.69, 9.17) is 11.0 Å². The summed E-state index contributed by atoms with van der Waals surface area (Å²) in [4.78, 5) is 29.8. The third-order valence-electron chi connectivity index (χ3n) is 3.89. The number of amides is 2. The van der Waals surface area contributed by atoms with Gasteiger partial charge in [-0.25, -0.2) is 4.98 Å². The molecule has 1 aromatic rings. The number of carbonyl (C=O) groups is 2. The van der Waals surface area contributed by atoms with E-state index in [-0.39, 0.29) is 12.0 Å². The van der Waals surface area contributed by atoms with Crippen LogP contribution in [0.3, 0.4) is 0 Å². The fourth-order valence-corrected chi connectivity index (χ4v) is 2.56. The van der Waals surface area contributed by atoms with Crippen molar-refractivity contribution in [3.63, 3.8) is 0 Å². The van der Waals surface area contributed by atoms with E-state index >= 15 is 0 Å². The number of likely N-dealkylation sites (tertiary alicyclic amines) is 1. The summed E-state index contributed by atoms with van der Waals surface area (Å²) in [6.07, 6.45) is 2.61. The third kappa shape index (κ3) is 3.34. The molecule has 0 unspecified atom stereocenters. The molecule has 1 aliphatic rings. The minimum atomic E-state index is -0.701. The van der Waals surface area contributed by atoms with Crippen LogP contribution in [-0.2, 0) is 9.59 Å². The molecule has 0 radical (unpaired) electrons. The lowest BCUT2D eigenvalue weighted by Gasteiger charge is -2.34. The van der Waals surface area contributed by atoms with Gasteiger partial charge in [-0.3, -0.25) is 9.59 Å². The smallest absolute Gasteiger partial charge is 0.313 e. The number of aryl methyl sites for hydroxylation is 1. The molecule has 1 aliphatic heterocycles. The maximum Gasteiger partial charge on any atom is 0.313 e. The number of carbonyl (C=O) groups excluding carboxylic acids is 2. The van der Waals surface area contributed by atoms with Crippen LogP contribution in [0.2, 0.25) is 0 Å². The number of piperidine rings is 1. The molecule has 22 heavy (non-hydrogen) atoms. The first kappa shape index (κ1) is 15.8. The van der Waals surface area contributed by atoms with Crippen molar-refractivity contribution < 1.29 is 9.59 Å². The topological polar surface area (TPSA) is 112 Å². The second-order valence-electron chi connectivity index (χ2n) is 5.58. The summed E-state index contributed by atoms with van der Waals surface area (Å²) in [5.41, 5.74) is 6.78. The highest BCUT2D eigenvalue weighted by molar-refractivity contribution is 6.39. The summed E-state index contributed by atoms with van der Waals surface area (Å²) in [5, 5.41) is 11.5. The normalized spacial score (nSPS) is 21.0. The highest BCUT2D eigenvalue weighted by Gasteiger charge is 2.32. The van der Waals surface area contributed by atoms with Crippen LogP contribution in [0.25, 0.3) is 0 Å². The maximum absolute atomic E-state index is 12.2. The van der Waals surface area contributed by atoms with Crippen LogP contribution in [0.5, 0.6) is 0 Å². The van der Waals surface area contributed by atoms with Crippen LogP contribution in [-0.4, -0.2) is 34.3 Å². The van der Waals surface area contributed by atoms with Gasteiger partial charge in [-0.15, -0.1) is 0 Å². The van der Waals surface area contributed by atoms with E-state index in [1.807, 2.05) is 6.92 Å². The summed E-state index contributed by atoms with van der Waals surface area (Å²) in [6, 6.07) is 3.76. The summed E-state index contributed by atoms with van der Waals surface area (Å²) in [5.74, 6) is -0.950. The Bertz CT molecular complexity index is 637. The minimum absolute atomic E-state index is 0.0499. The highest BCUT2D eigenvalue weighted by Crippen LogP contribution is 2.22. The van der Waals surface area contributed by atoms with Gasteiger partial charge in [0.05, 0.1) is 18.0 Å². The molecule has 2 amide bonds. The number of pyridine rings is 1. The quantitative estimate of drug-likeness (QED) is 0.753. The number of nitrogens with two attached hydrogens (primary N) is 1. The predicted molar refractivity (Wildman–Crippen MR) is 81.5 cm³/mol. The molecule has 0 aliphatic carbocycles. The Labute approximate surface area is 129 Å². The largest absolute Gasteiger partial charge is 0.383 e. The van der Waals surface area contributed by atoms with E-state index in [0.717, 1.165) is 5.56 Å². The minimum Gasteiger partial charge on any atom is -0.383 e. The zero-order valence-corrected chi connectivity index (χ0v) is 12.7. The van der Waals surface area contributed by atoms with Crippen molar-refractivity contribution in [2.24, 2.45) is 5.92 Å². The molecule has 7 nitrogen and oxygen atoms in total. The predicted octanol–water partition coefficient (Wildman–Crippen LogP) is 1.06. The number of nitriles is 1. The fraction of sp³-hybridized carbons (Fsp3) is 0.467. The molecule has 1 saturated heterocycles. The van der Waals surface area contributed by atoms with E-state index in [9.17, 15) is 9.59 Å². The monoisotopic (exact) mass is 301 g/mol. The molecule has 116 valence electrons. The van der Waals surface area contributed by atoms with E-state index in [1.54, 1.807) is 13.0 Å². The Morgan fingerprint density at radius 2 is 2.27 bits per heavy atom. The average molecular weight is 301 g/mol. The van der Waals surface area contributed by atoms with Crippen LogP contribution >= 0.6 is 0 Å². The summed E-state index contributed by atoms with van der Waals surface area (Å²) < 4.78 is 0. The summed E-state index contributed by atoms with van der Waals surface area (Å²) in [7, 11) is 0. The average Bonchev–Trinajstić information content (AvgIpc) is 2.50. The molecule has 2 rings (SSSR count). The van der Waals surface area contributed by atoms with Gasteiger partial charge in [0.15, 0.2) is 0 Å². The van der Waals surface area contributed by atoms with Crippen LogP contribution in [0.1, 0.15) is 25.3 Å². The first-order chi connectivity index (χ1) is 10.4. The first-order valence-electron chi connectivity index (χ1n) is 7.16. The lowest BCUT2D eigenvalue weighted by Crippen LogP contribution is -2.48. The zero-order valence-electron chi connectivity index (χ0n) is 12.7. The third-order valence-corrected chi connectivity index (χ3v) is 3.89. The fourth-order valence-electron chi connectivity index (χ4n) is 2.56. The van der Waals surface area contributed by atoms with Crippen LogP contribution in [0, 0.1) is 24.2 Å². The lowest BCUT2D eigenvalue weighted by molar-refractivity contribution is -0.145. The van der Waals surface area contributed by atoms with Crippen LogP contribution < -0.4 is 11.1 Å². The zero-order chi connectivity index (χ0) is 16.3. The second-order valence-corrected chi connectivity index (χ2v) is 5.58. The van der Waals surface area contributed by atoms with E-state index < -0.39 is 11.8 Å². The molecular weight excluding hydrogens is 282 g/mol. The highest BCUT2D eigenvalue weighted by atomic mass is 16.2. The number of anilines is 2. The van der Waals surface area contributed by atoms with Gasteiger partial charge in [-0.05, 0) is 38.3 Å². The number of hydrogen-bond acceptors (Lipinski definition) is 5. The molecule has 0 saturated carbocycles. The molecule has 1 fully saturated rings. The number of rotatable bonds is 1. The van der Waals surface area contributed by atoms with Crippen molar-refractivity contribution in [1.29, 1.82) is 5.26 Å². The van der Waals surface area contributed by atoms with Gasteiger partial charge >= 0.3 is 11.8 Å². The summed E-state index contributed by atoms with van der Waals surface area (Å²) in [6.45, 7) is 4.04. The lowest BCUT2D eigenvalue weighted by atomic mass is 9.93. The molecule has 0 bridgehead atoms. The SMILES string of the molecule is Cc1cc(NC(=O)C(=O)N2CC[C@H](C#N)C[C@@H]2C)cnc1N. The maximum atomic E-state index is 12.2. The van der Waals surface area contributed by atoms with Gasteiger partial charge in [0, 0.05) is 18.5 Å². The molecule has 0 aromatic carbocycles. The van der Waals surface area contributed by atoms with Crippen molar-refractivity contribution in [3.05, 3.63) is 17.8 Å². The Morgan fingerprint density at radius 3 is 2.86 bits per heavy atom. The van der Waals surface area contributed by atoms with Crippen molar-refractivity contribution >= 4 is 23.3 Å². The summed E-state index contributed by atoms with van der Waals surface area (Å²) >= 11 is 0. The van der Waals surface area contributed by atoms with Crippen molar-refractivity contribution in [3.8, 4) is 6.07 Å². The number of nitrogen functional groups attached to an aromatic ring is 1. The van der Waals surface area contributed by atoms with Gasteiger partial charge in [0.2, 0.25) is 0 Å². The standard InChI is InChI=1S/C15H19N5O2/c1-9-5-12(8-18-13(9)17)19-14(21)15(22)20-4-3-11(7-16)6-10(20)2/h5,8,10-11H,3-4,6H2,1-2H3,(H2,17,18)(H,19,21)/t10-,11-/m0/s1. The van der Waals surface area contributed by atoms with Crippen LogP contribution in [0.15, 0.2) is 12.3 Å². The Hall–Kier alpha value is -2.62. The van der Waals surface area contributed by atoms with Gasteiger partial charge in [0.1, 0.15) is 5.82 Å². The van der Waals surface area contributed by atoms with Gasteiger partial charge in [0.25, 0.3) is 0 Å². The Balaban J connectivity index is 2.02. The molecular formula is C15H19N5O2. The first-order valence-corrected chi connectivity index (χ1v) is 7.16. The molecule has 2 heterocycles. The molecule has 0 spiro atoms. The number of aromatic nitrogens is 1. The van der Waals surface area contributed by atoms with E-state index in [0.29, 0.717) is 30.9 Å². The van der Waals surface area contributed by atoms with Crippen molar-refractivity contribution in [2.45, 2.75) is 32.7 Å². The van der Waals surface area contributed by atoms with Crippen molar-refractivity contribution in [2.75, 3.05) is 17.6 Å². The second kappa shape index (κ2) is 6.43. The Kier molecular flexibility index (Phi) is 4.61. The molecule has 7 heteroatoms. The van der Waals surface area contributed by atoms with E-state index in [2.05, 4.69) is 16.4 Å². The van der Waals surface area contributed by atoms with Crippen molar-refractivity contribution in [1.82, 2.24) is 9.88 Å². The van der Waals surface area contributed by atoms with Gasteiger partial charge in [-0.2, -0.15) is 5.26 Å². The number of nitrogens with zero attached hydrogens (tertiary/aromatic N) is 3. The molecule has 3 N–H and O–H groups in total. The molecule has 2 atom stereocenters. The van der Waals surface area contributed by atoms with E-state index in [1.165, 1.54) is 11.1 Å². The van der Waals surface area contributed by atoms with Gasteiger partial charge < -0.3 is 16.0 Å².